The summed E-state index contributed by atoms with van der Waals surface area (Å²) in [6, 6.07) is 8.52. The fourth-order valence-electron chi connectivity index (χ4n) is 3.12. The molecular formula is C18H25N5O2. The molecule has 1 fully saturated rings. The van der Waals surface area contributed by atoms with Gasteiger partial charge in [-0.25, -0.2) is 4.79 Å². The molecule has 1 aliphatic heterocycles. The summed E-state index contributed by atoms with van der Waals surface area (Å²) in [7, 11) is 0. The Hall–Kier alpha value is -2.41. The van der Waals surface area contributed by atoms with Gasteiger partial charge in [-0.3, -0.25) is 4.90 Å². The van der Waals surface area contributed by atoms with E-state index >= 15 is 0 Å². The fraction of sp³-hybridized carbons (Fsp3) is 0.500. The molecule has 1 saturated heterocycles. The summed E-state index contributed by atoms with van der Waals surface area (Å²) in [5.41, 5.74) is 2.48. The maximum Gasteiger partial charge on any atom is 0.315 e. The summed E-state index contributed by atoms with van der Waals surface area (Å²) >= 11 is 0. The number of nitrogens with one attached hydrogen (secondary N) is 2. The summed E-state index contributed by atoms with van der Waals surface area (Å²) in [6.45, 7) is 6.77. The van der Waals surface area contributed by atoms with Crippen LogP contribution in [0.3, 0.4) is 0 Å². The average Bonchev–Trinajstić information content (AvgIpc) is 3.27. The van der Waals surface area contributed by atoms with Crippen molar-refractivity contribution in [3.8, 4) is 0 Å². The zero-order valence-electron chi connectivity index (χ0n) is 14.8. The van der Waals surface area contributed by atoms with Crippen molar-refractivity contribution in [2.75, 3.05) is 19.6 Å². The van der Waals surface area contributed by atoms with Crippen LogP contribution in [0, 0.1) is 13.8 Å². The number of carbonyl (C=O) groups excluding carboxylic acids is 1. The van der Waals surface area contributed by atoms with Gasteiger partial charge in [0.15, 0.2) is 5.82 Å². The quantitative estimate of drug-likeness (QED) is 0.841. The highest BCUT2D eigenvalue weighted by molar-refractivity contribution is 5.73. The molecule has 0 unspecified atom stereocenters. The topological polar surface area (TPSA) is 83.3 Å². The molecule has 2 amide bonds. The molecule has 0 saturated carbocycles. The Balaban J connectivity index is 1.56. The largest absolute Gasteiger partial charge is 0.340 e. The lowest BCUT2D eigenvalue weighted by molar-refractivity contribution is 0.220. The van der Waals surface area contributed by atoms with E-state index in [9.17, 15) is 4.79 Å². The van der Waals surface area contributed by atoms with Crippen LogP contribution in [-0.2, 0) is 6.54 Å². The van der Waals surface area contributed by atoms with Crippen molar-refractivity contribution in [2.24, 2.45) is 0 Å². The molecule has 0 bridgehead atoms. The highest BCUT2D eigenvalue weighted by Crippen LogP contribution is 2.24. The van der Waals surface area contributed by atoms with Gasteiger partial charge in [-0.15, -0.1) is 0 Å². The lowest BCUT2D eigenvalue weighted by Gasteiger charge is -2.28. The molecule has 1 aromatic carbocycles. The molecular weight excluding hydrogens is 318 g/mol. The number of likely N-dealkylation sites (tertiary alicyclic amines) is 1. The lowest BCUT2D eigenvalue weighted by Crippen LogP contribution is -2.41. The molecule has 2 aromatic rings. The molecule has 7 nitrogen and oxygen atoms in total. The number of hydrogen-bond donors (Lipinski definition) is 2. The second-order valence-corrected chi connectivity index (χ2v) is 6.46. The normalized spacial score (nSPS) is 15.9. The van der Waals surface area contributed by atoms with Gasteiger partial charge in [-0.2, -0.15) is 4.98 Å². The third-order valence-electron chi connectivity index (χ3n) is 4.48. The number of aromatic nitrogens is 2. The first-order valence-corrected chi connectivity index (χ1v) is 8.73. The lowest BCUT2D eigenvalue weighted by atomic mass is 10.0. The van der Waals surface area contributed by atoms with Gasteiger partial charge in [0.05, 0.1) is 12.6 Å². The number of carbonyl (C=O) groups is 1. The second-order valence-electron chi connectivity index (χ2n) is 6.46. The minimum atomic E-state index is -0.223. The summed E-state index contributed by atoms with van der Waals surface area (Å²) in [5, 5.41) is 9.50. The van der Waals surface area contributed by atoms with E-state index in [1.165, 1.54) is 24.0 Å². The van der Waals surface area contributed by atoms with Crippen LogP contribution in [0.25, 0.3) is 0 Å². The minimum Gasteiger partial charge on any atom is -0.340 e. The Labute approximate surface area is 147 Å². The summed E-state index contributed by atoms with van der Waals surface area (Å²) in [6.07, 6.45) is 2.43. The van der Waals surface area contributed by atoms with Gasteiger partial charge in [0.1, 0.15) is 0 Å². The first-order valence-electron chi connectivity index (χ1n) is 8.73. The number of urea groups is 1. The van der Waals surface area contributed by atoms with E-state index in [-0.39, 0.29) is 18.6 Å². The molecule has 0 aliphatic carbocycles. The monoisotopic (exact) mass is 343 g/mol. The van der Waals surface area contributed by atoms with Crippen molar-refractivity contribution < 1.29 is 9.32 Å². The van der Waals surface area contributed by atoms with Crippen LogP contribution < -0.4 is 10.6 Å². The molecule has 1 aliphatic rings. The zero-order valence-corrected chi connectivity index (χ0v) is 14.8. The molecule has 0 radical (unpaired) electrons. The Bertz CT molecular complexity index is 692. The van der Waals surface area contributed by atoms with Gasteiger partial charge in [0.25, 0.3) is 0 Å². The SMILES string of the molecule is Cc1ccc([C@@H](CNC(=O)NCc2noc(C)n2)N2CCCC2)cc1. The van der Waals surface area contributed by atoms with Gasteiger partial charge < -0.3 is 15.2 Å². The summed E-state index contributed by atoms with van der Waals surface area (Å²) < 4.78 is 4.89. The van der Waals surface area contributed by atoms with Crippen LogP contribution in [0.2, 0.25) is 0 Å². The van der Waals surface area contributed by atoms with Gasteiger partial charge >= 0.3 is 6.03 Å². The van der Waals surface area contributed by atoms with E-state index in [0.29, 0.717) is 18.3 Å². The van der Waals surface area contributed by atoms with Crippen LogP contribution in [0.5, 0.6) is 0 Å². The van der Waals surface area contributed by atoms with Crippen molar-refractivity contribution in [2.45, 2.75) is 39.3 Å². The van der Waals surface area contributed by atoms with E-state index < -0.39 is 0 Å². The van der Waals surface area contributed by atoms with Crippen LogP contribution in [0.15, 0.2) is 28.8 Å². The fourth-order valence-corrected chi connectivity index (χ4v) is 3.12. The molecule has 0 spiro atoms. The summed E-state index contributed by atoms with van der Waals surface area (Å²) in [4.78, 5) is 18.6. The number of aryl methyl sites for hydroxylation is 2. The number of nitrogens with zero attached hydrogens (tertiary/aromatic N) is 3. The highest BCUT2D eigenvalue weighted by atomic mass is 16.5. The standard InChI is InChI=1S/C18H25N5O2/c1-13-5-7-15(8-6-13)16(23-9-3-4-10-23)11-19-18(24)20-12-17-21-14(2)25-22-17/h5-8,16H,3-4,9-12H2,1-2H3,(H2,19,20,24)/t16-/m1/s1. The van der Waals surface area contributed by atoms with E-state index in [0.717, 1.165) is 13.1 Å². The van der Waals surface area contributed by atoms with E-state index in [1.807, 2.05) is 0 Å². The first-order chi connectivity index (χ1) is 12.1. The van der Waals surface area contributed by atoms with Crippen LogP contribution in [-0.4, -0.2) is 40.7 Å². The van der Waals surface area contributed by atoms with Gasteiger partial charge in [-0.05, 0) is 38.4 Å². The molecule has 2 heterocycles. The molecule has 25 heavy (non-hydrogen) atoms. The number of rotatable bonds is 6. The highest BCUT2D eigenvalue weighted by Gasteiger charge is 2.23. The molecule has 1 aromatic heterocycles. The molecule has 134 valence electrons. The smallest absolute Gasteiger partial charge is 0.315 e. The van der Waals surface area contributed by atoms with E-state index in [4.69, 9.17) is 4.52 Å². The van der Waals surface area contributed by atoms with Gasteiger partial charge in [-0.1, -0.05) is 35.0 Å². The Morgan fingerprint density at radius 3 is 2.56 bits per heavy atom. The number of amides is 2. The predicted octanol–water partition coefficient (Wildman–Crippen LogP) is 2.32. The Kier molecular flexibility index (Phi) is 5.65. The van der Waals surface area contributed by atoms with E-state index in [2.05, 4.69) is 56.9 Å². The van der Waals surface area contributed by atoms with Crippen molar-refractivity contribution >= 4 is 6.03 Å². The Morgan fingerprint density at radius 2 is 1.92 bits per heavy atom. The maximum atomic E-state index is 12.1. The third kappa shape index (κ3) is 4.79. The van der Waals surface area contributed by atoms with Crippen LogP contribution in [0.1, 0.15) is 41.7 Å². The van der Waals surface area contributed by atoms with Gasteiger partial charge in [0.2, 0.25) is 5.89 Å². The van der Waals surface area contributed by atoms with Crippen molar-refractivity contribution in [1.29, 1.82) is 0 Å². The minimum absolute atomic E-state index is 0.196. The van der Waals surface area contributed by atoms with E-state index in [1.54, 1.807) is 6.92 Å². The summed E-state index contributed by atoms with van der Waals surface area (Å²) in [5.74, 6) is 0.966. The van der Waals surface area contributed by atoms with Crippen molar-refractivity contribution in [1.82, 2.24) is 25.7 Å². The average molecular weight is 343 g/mol. The van der Waals surface area contributed by atoms with Crippen LogP contribution >= 0.6 is 0 Å². The third-order valence-corrected chi connectivity index (χ3v) is 4.48. The maximum absolute atomic E-state index is 12.1. The van der Waals surface area contributed by atoms with Crippen molar-refractivity contribution in [3.05, 3.63) is 47.1 Å². The predicted molar refractivity (Wildman–Crippen MR) is 94.0 cm³/mol. The van der Waals surface area contributed by atoms with Crippen LogP contribution in [0.4, 0.5) is 4.79 Å². The molecule has 2 N–H and O–H groups in total. The molecule has 3 rings (SSSR count). The number of benzene rings is 1. The molecule has 1 atom stereocenters. The first kappa shape index (κ1) is 17.4. The number of hydrogen-bond acceptors (Lipinski definition) is 5. The zero-order chi connectivity index (χ0) is 17.6. The van der Waals surface area contributed by atoms with Crippen molar-refractivity contribution in [3.63, 3.8) is 0 Å². The van der Waals surface area contributed by atoms with Gasteiger partial charge in [0, 0.05) is 13.5 Å². The molecule has 7 heteroatoms. The Morgan fingerprint density at radius 1 is 1.20 bits per heavy atom. The second kappa shape index (κ2) is 8.11.